The number of rotatable bonds is 5. The van der Waals surface area contributed by atoms with Crippen molar-refractivity contribution in [3.8, 4) is 11.3 Å². The van der Waals surface area contributed by atoms with Crippen LogP contribution in [0.5, 0.6) is 0 Å². The van der Waals surface area contributed by atoms with E-state index in [2.05, 4.69) is 29.0 Å². The minimum Gasteiger partial charge on any atom is -0.275 e. The second-order valence-corrected chi connectivity index (χ2v) is 7.16. The molecule has 0 saturated heterocycles. The van der Waals surface area contributed by atoms with Gasteiger partial charge < -0.3 is 0 Å². The van der Waals surface area contributed by atoms with Crippen LogP contribution >= 0.6 is 11.6 Å². The highest BCUT2D eigenvalue weighted by molar-refractivity contribution is 6.33. The topological polar surface area (TPSA) is 60.4 Å². The van der Waals surface area contributed by atoms with Gasteiger partial charge in [0.05, 0.1) is 5.69 Å². The number of aromatic nitrogens is 5. The third-order valence-electron chi connectivity index (χ3n) is 4.96. The van der Waals surface area contributed by atoms with E-state index in [1.54, 1.807) is 9.20 Å². The molecule has 0 amide bonds. The summed E-state index contributed by atoms with van der Waals surface area (Å²) in [5.74, 6) is 0.920. The molecule has 3 heterocycles. The van der Waals surface area contributed by atoms with Gasteiger partial charge in [-0.3, -0.25) is 9.67 Å². The summed E-state index contributed by atoms with van der Waals surface area (Å²) in [5, 5.41) is 9.57. The SMILES string of the molecule is C/C=C(\N=C(C)C(C)CC)c1nc(Cl)c2c(C)c(-c3ccn(C)n3)cn2n1.CC. The summed E-state index contributed by atoms with van der Waals surface area (Å²) in [7, 11) is 1.90. The van der Waals surface area contributed by atoms with Gasteiger partial charge in [0.25, 0.3) is 0 Å². The van der Waals surface area contributed by atoms with Crippen LogP contribution in [-0.4, -0.2) is 30.1 Å². The average molecular weight is 415 g/mol. The lowest BCUT2D eigenvalue weighted by Gasteiger charge is -2.09. The van der Waals surface area contributed by atoms with Gasteiger partial charge in [-0.25, -0.2) is 9.50 Å². The molecule has 3 aromatic heterocycles. The van der Waals surface area contributed by atoms with E-state index in [0.29, 0.717) is 16.9 Å². The normalized spacial score (nSPS) is 13.4. The fourth-order valence-electron chi connectivity index (χ4n) is 2.95. The highest BCUT2D eigenvalue weighted by atomic mass is 35.5. The molecule has 3 rings (SSSR count). The molecule has 1 atom stereocenters. The summed E-state index contributed by atoms with van der Waals surface area (Å²) >= 11 is 6.53. The average Bonchev–Trinajstić information content (AvgIpc) is 3.29. The summed E-state index contributed by atoms with van der Waals surface area (Å²) in [5.41, 5.74) is 5.46. The lowest BCUT2D eigenvalue weighted by Crippen LogP contribution is -2.07. The molecule has 0 bridgehead atoms. The van der Waals surface area contributed by atoms with Crippen LogP contribution in [0, 0.1) is 12.8 Å². The molecule has 3 aromatic rings. The molecular weight excluding hydrogens is 384 g/mol. The van der Waals surface area contributed by atoms with Crippen LogP contribution in [0.15, 0.2) is 29.5 Å². The number of nitrogens with zero attached hydrogens (tertiary/aromatic N) is 6. The van der Waals surface area contributed by atoms with E-state index in [0.717, 1.165) is 40.2 Å². The standard InChI is InChI=1S/C20H25ClN6.C2H6/c1-7-12(3)14(5)22-16(8-2)20-23-19(21)18-13(4)15(11-27(18)25-20)17-9-10-26(6)24-17;1-2/h8-12H,7H2,1-6H3;1-2H3/b16-8-,22-14?;. The maximum Gasteiger partial charge on any atom is 0.199 e. The number of hydrogen-bond donors (Lipinski definition) is 0. The largest absolute Gasteiger partial charge is 0.275 e. The molecular formula is C22H31ClN6. The van der Waals surface area contributed by atoms with Crippen LogP contribution in [0.25, 0.3) is 22.5 Å². The third-order valence-corrected chi connectivity index (χ3v) is 5.22. The van der Waals surface area contributed by atoms with Crippen molar-refractivity contribution in [1.82, 2.24) is 24.4 Å². The Morgan fingerprint density at radius 3 is 2.55 bits per heavy atom. The first-order chi connectivity index (χ1) is 13.8. The molecule has 0 fully saturated rings. The number of aryl methyl sites for hydroxylation is 2. The van der Waals surface area contributed by atoms with Crippen LogP contribution in [0.3, 0.4) is 0 Å². The first kappa shape index (κ1) is 22.8. The van der Waals surface area contributed by atoms with Crippen LogP contribution in [0.2, 0.25) is 5.15 Å². The van der Waals surface area contributed by atoms with Crippen molar-refractivity contribution in [2.45, 2.75) is 54.9 Å². The first-order valence-corrected chi connectivity index (χ1v) is 10.5. The lowest BCUT2D eigenvalue weighted by atomic mass is 10.0. The Morgan fingerprint density at radius 2 is 2.00 bits per heavy atom. The minimum atomic E-state index is 0.406. The van der Waals surface area contributed by atoms with E-state index in [9.17, 15) is 0 Å². The Kier molecular flexibility index (Phi) is 7.73. The smallest absolute Gasteiger partial charge is 0.199 e. The van der Waals surface area contributed by atoms with E-state index in [4.69, 9.17) is 16.6 Å². The van der Waals surface area contributed by atoms with Crippen molar-refractivity contribution in [3.05, 3.63) is 41.1 Å². The molecule has 0 aromatic carbocycles. The summed E-state index contributed by atoms with van der Waals surface area (Å²) in [4.78, 5) is 9.26. The molecule has 0 N–H and O–H groups in total. The number of allylic oxidation sites excluding steroid dienone is 1. The van der Waals surface area contributed by atoms with Crippen molar-refractivity contribution in [2.24, 2.45) is 18.0 Å². The lowest BCUT2D eigenvalue weighted by molar-refractivity contribution is 0.736. The Balaban J connectivity index is 0.00000145. The Bertz CT molecular complexity index is 1040. The summed E-state index contributed by atoms with van der Waals surface area (Å²) in [6, 6.07) is 1.97. The quantitative estimate of drug-likeness (QED) is 0.482. The maximum atomic E-state index is 6.53. The van der Waals surface area contributed by atoms with E-state index >= 15 is 0 Å². The van der Waals surface area contributed by atoms with Gasteiger partial charge in [0.2, 0.25) is 0 Å². The van der Waals surface area contributed by atoms with Crippen molar-refractivity contribution in [2.75, 3.05) is 0 Å². The van der Waals surface area contributed by atoms with Crippen LogP contribution in [-0.2, 0) is 7.05 Å². The van der Waals surface area contributed by atoms with Gasteiger partial charge >= 0.3 is 0 Å². The number of halogens is 1. The molecule has 6 nitrogen and oxygen atoms in total. The molecule has 0 radical (unpaired) electrons. The van der Waals surface area contributed by atoms with Gasteiger partial charge in [0.1, 0.15) is 11.2 Å². The molecule has 0 aliphatic carbocycles. The van der Waals surface area contributed by atoms with E-state index in [-0.39, 0.29) is 0 Å². The van der Waals surface area contributed by atoms with Gasteiger partial charge in [0, 0.05) is 30.7 Å². The van der Waals surface area contributed by atoms with E-state index in [1.165, 1.54) is 0 Å². The predicted octanol–water partition coefficient (Wildman–Crippen LogP) is 5.99. The molecule has 156 valence electrons. The van der Waals surface area contributed by atoms with Crippen molar-refractivity contribution < 1.29 is 0 Å². The van der Waals surface area contributed by atoms with Gasteiger partial charge in [-0.15, -0.1) is 5.10 Å². The van der Waals surface area contributed by atoms with Crippen molar-refractivity contribution in [3.63, 3.8) is 0 Å². The Morgan fingerprint density at radius 1 is 1.31 bits per heavy atom. The molecule has 29 heavy (non-hydrogen) atoms. The van der Waals surface area contributed by atoms with E-state index in [1.807, 2.05) is 66.2 Å². The van der Waals surface area contributed by atoms with Crippen molar-refractivity contribution in [1.29, 1.82) is 0 Å². The molecule has 0 aliphatic rings. The summed E-state index contributed by atoms with van der Waals surface area (Å²) in [6.45, 7) is 14.3. The Labute approximate surface area is 178 Å². The number of hydrogen-bond acceptors (Lipinski definition) is 4. The van der Waals surface area contributed by atoms with Gasteiger partial charge in [0.15, 0.2) is 11.0 Å². The van der Waals surface area contributed by atoms with Crippen LogP contribution in [0.1, 0.15) is 59.4 Å². The number of fused-ring (bicyclic) bond motifs is 1. The summed E-state index contributed by atoms with van der Waals surface area (Å²) in [6.07, 6.45) is 6.82. The van der Waals surface area contributed by atoms with E-state index < -0.39 is 0 Å². The molecule has 0 aliphatic heterocycles. The second kappa shape index (κ2) is 9.83. The van der Waals surface area contributed by atoms with Crippen LogP contribution < -0.4 is 0 Å². The predicted molar refractivity (Wildman–Crippen MR) is 122 cm³/mol. The molecule has 7 heteroatoms. The van der Waals surface area contributed by atoms with Crippen LogP contribution in [0.4, 0.5) is 0 Å². The summed E-state index contributed by atoms with van der Waals surface area (Å²) < 4.78 is 3.56. The van der Waals surface area contributed by atoms with Gasteiger partial charge in [-0.1, -0.05) is 45.4 Å². The zero-order valence-electron chi connectivity index (χ0n) is 18.7. The number of aliphatic imine (C=N–C) groups is 1. The fraction of sp³-hybridized carbons (Fsp3) is 0.455. The fourth-order valence-corrected chi connectivity index (χ4v) is 3.25. The molecule has 1 unspecified atom stereocenters. The minimum absolute atomic E-state index is 0.406. The highest BCUT2D eigenvalue weighted by Crippen LogP contribution is 2.30. The zero-order valence-corrected chi connectivity index (χ0v) is 19.4. The Hall–Kier alpha value is -2.47. The maximum absolute atomic E-state index is 6.53. The highest BCUT2D eigenvalue weighted by Gasteiger charge is 2.17. The molecule has 0 spiro atoms. The zero-order chi connectivity index (χ0) is 21.7. The van der Waals surface area contributed by atoms with Gasteiger partial charge in [-0.05, 0) is 44.7 Å². The second-order valence-electron chi connectivity index (χ2n) is 6.80. The first-order valence-electron chi connectivity index (χ1n) is 10.1. The van der Waals surface area contributed by atoms with Crippen molar-refractivity contribution >= 4 is 28.5 Å². The third kappa shape index (κ3) is 4.75. The monoisotopic (exact) mass is 414 g/mol. The molecule has 0 saturated carbocycles. The van der Waals surface area contributed by atoms with Gasteiger partial charge in [-0.2, -0.15) is 5.10 Å².